The van der Waals surface area contributed by atoms with Gasteiger partial charge in [-0.05, 0) is 13.3 Å². The summed E-state index contributed by atoms with van der Waals surface area (Å²) in [5.41, 5.74) is 0.546. The third-order valence-corrected chi connectivity index (χ3v) is 3.14. The Morgan fingerprint density at radius 2 is 1.53 bits per heavy atom. The van der Waals surface area contributed by atoms with E-state index in [2.05, 4.69) is 0 Å². The van der Waals surface area contributed by atoms with Crippen LogP contribution in [-0.4, -0.2) is 17.7 Å². The normalized spacial score (nSPS) is 15.8. The lowest BCUT2D eigenvalue weighted by Crippen LogP contribution is -2.22. The first kappa shape index (κ1) is 13.5. The molecule has 0 atom stereocenters. The van der Waals surface area contributed by atoms with Crippen molar-refractivity contribution in [3.05, 3.63) is 46.5 Å². The van der Waals surface area contributed by atoms with Gasteiger partial charge in [-0.2, -0.15) is 13.2 Å². The average molecular weight is 268 g/mol. The van der Waals surface area contributed by atoms with Crippen molar-refractivity contribution >= 4 is 11.6 Å². The van der Waals surface area contributed by atoms with Crippen molar-refractivity contribution in [1.29, 1.82) is 0 Å². The van der Waals surface area contributed by atoms with Crippen molar-refractivity contribution in [2.45, 2.75) is 25.9 Å². The van der Waals surface area contributed by atoms with Gasteiger partial charge >= 0.3 is 6.18 Å². The number of carbonyl (C=O) groups is 2. The molecule has 0 amide bonds. The lowest BCUT2D eigenvalue weighted by atomic mass is 9.83. The number of alkyl halides is 3. The third kappa shape index (κ3) is 2.59. The van der Waals surface area contributed by atoms with E-state index in [4.69, 9.17) is 0 Å². The van der Waals surface area contributed by atoms with E-state index in [9.17, 15) is 22.8 Å². The Labute approximate surface area is 107 Å². The van der Waals surface area contributed by atoms with Gasteiger partial charge in [-0.25, -0.2) is 0 Å². The number of Topliss-reactive ketones (excluding diaryl/α,β-unsaturated/α-hetero) is 2. The summed E-state index contributed by atoms with van der Waals surface area (Å²) in [6, 6.07) is 6.19. The molecule has 1 aliphatic carbocycles. The zero-order valence-electron chi connectivity index (χ0n) is 10.2. The van der Waals surface area contributed by atoms with Gasteiger partial charge in [0.2, 0.25) is 0 Å². The quantitative estimate of drug-likeness (QED) is 0.819. The van der Waals surface area contributed by atoms with E-state index in [0.717, 1.165) is 0 Å². The van der Waals surface area contributed by atoms with Crippen molar-refractivity contribution in [3.8, 4) is 0 Å². The zero-order chi connectivity index (χ0) is 14.2. The number of hydrogen-bond acceptors (Lipinski definition) is 2. The number of benzene rings is 1. The SMILES string of the molecule is CC1=C(CCC(F)(F)F)C(=O)c2ccccc2C1=O. The lowest BCUT2D eigenvalue weighted by molar-refractivity contribution is -0.133. The van der Waals surface area contributed by atoms with Gasteiger partial charge in [-0.15, -0.1) is 0 Å². The molecule has 0 unspecified atom stereocenters. The van der Waals surface area contributed by atoms with Gasteiger partial charge < -0.3 is 0 Å². The molecule has 0 heterocycles. The largest absolute Gasteiger partial charge is 0.389 e. The first-order valence-corrected chi connectivity index (χ1v) is 5.76. The van der Waals surface area contributed by atoms with Crippen LogP contribution < -0.4 is 0 Å². The molecule has 0 fully saturated rings. The predicted octanol–water partition coefficient (Wildman–Crippen LogP) is 3.72. The molecule has 0 spiro atoms. The second-order valence-corrected chi connectivity index (χ2v) is 4.42. The summed E-state index contributed by atoms with van der Waals surface area (Å²) in [6.07, 6.45) is -5.89. The van der Waals surface area contributed by atoms with Crippen LogP contribution in [0.25, 0.3) is 0 Å². The summed E-state index contributed by atoms with van der Waals surface area (Å²) in [4.78, 5) is 24.1. The van der Waals surface area contributed by atoms with E-state index in [1.165, 1.54) is 19.1 Å². The average Bonchev–Trinajstić information content (AvgIpc) is 2.35. The highest BCUT2D eigenvalue weighted by Crippen LogP contribution is 2.31. The number of halogens is 3. The van der Waals surface area contributed by atoms with Gasteiger partial charge in [-0.1, -0.05) is 24.3 Å². The Balaban J connectivity index is 2.38. The van der Waals surface area contributed by atoms with E-state index >= 15 is 0 Å². The molecule has 0 aliphatic heterocycles. The third-order valence-electron chi connectivity index (χ3n) is 3.14. The van der Waals surface area contributed by atoms with Crippen LogP contribution in [0.15, 0.2) is 35.4 Å². The number of ketones is 2. The van der Waals surface area contributed by atoms with E-state index in [-0.39, 0.29) is 28.1 Å². The highest BCUT2D eigenvalue weighted by atomic mass is 19.4. The molecule has 2 nitrogen and oxygen atoms in total. The van der Waals surface area contributed by atoms with Crippen LogP contribution in [0.3, 0.4) is 0 Å². The molecule has 2 rings (SSSR count). The Kier molecular flexibility index (Phi) is 3.30. The molecule has 0 bridgehead atoms. The van der Waals surface area contributed by atoms with Gasteiger partial charge in [0, 0.05) is 28.7 Å². The van der Waals surface area contributed by atoms with Crippen molar-refractivity contribution in [1.82, 2.24) is 0 Å². The van der Waals surface area contributed by atoms with Crippen LogP contribution in [0, 0.1) is 0 Å². The van der Waals surface area contributed by atoms with Crippen LogP contribution in [0.4, 0.5) is 13.2 Å². The maximum absolute atomic E-state index is 12.2. The highest BCUT2D eigenvalue weighted by molar-refractivity contribution is 6.26. The Morgan fingerprint density at radius 3 is 2.05 bits per heavy atom. The van der Waals surface area contributed by atoms with Crippen LogP contribution in [-0.2, 0) is 0 Å². The van der Waals surface area contributed by atoms with Crippen LogP contribution in [0.5, 0.6) is 0 Å². The molecule has 100 valence electrons. The van der Waals surface area contributed by atoms with Gasteiger partial charge in [0.1, 0.15) is 0 Å². The molecule has 5 heteroatoms. The van der Waals surface area contributed by atoms with Crippen LogP contribution >= 0.6 is 0 Å². The van der Waals surface area contributed by atoms with E-state index < -0.39 is 24.8 Å². The molecule has 19 heavy (non-hydrogen) atoms. The molecule has 1 aliphatic rings. The first-order valence-electron chi connectivity index (χ1n) is 5.76. The summed E-state index contributed by atoms with van der Waals surface area (Å²) in [5, 5.41) is 0. The van der Waals surface area contributed by atoms with E-state index in [1.807, 2.05) is 0 Å². The van der Waals surface area contributed by atoms with Gasteiger partial charge in [0.15, 0.2) is 11.6 Å². The van der Waals surface area contributed by atoms with Crippen molar-refractivity contribution in [2.24, 2.45) is 0 Å². The van der Waals surface area contributed by atoms with Crippen LogP contribution in [0.1, 0.15) is 40.5 Å². The molecule has 0 radical (unpaired) electrons. The van der Waals surface area contributed by atoms with E-state index in [1.54, 1.807) is 12.1 Å². The van der Waals surface area contributed by atoms with Gasteiger partial charge in [-0.3, -0.25) is 9.59 Å². The first-order chi connectivity index (χ1) is 8.81. The summed E-state index contributed by atoms with van der Waals surface area (Å²) in [6.45, 7) is 1.40. The van der Waals surface area contributed by atoms with Crippen LogP contribution in [0.2, 0.25) is 0 Å². The zero-order valence-corrected chi connectivity index (χ0v) is 10.2. The maximum Gasteiger partial charge on any atom is 0.389 e. The summed E-state index contributed by atoms with van der Waals surface area (Å²) >= 11 is 0. The molecule has 1 aromatic carbocycles. The fourth-order valence-electron chi connectivity index (χ4n) is 2.12. The standard InChI is InChI=1S/C14H11F3O2/c1-8-9(6-7-14(15,16)17)13(19)11-5-3-2-4-10(11)12(8)18/h2-5H,6-7H2,1H3. The van der Waals surface area contributed by atoms with Crippen molar-refractivity contribution < 1.29 is 22.8 Å². The fraction of sp³-hybridized carbons (Fsp3) is 0.286. The van der Waals surface area contributed by atoms with Crippen molar-refractivity contribution in [2.75, 3.05) is 0 Å². The van der Waals surface area contributed by atoms with Gasteiger partial charge in [0.25, 0.3) is 0 Å². The molecule has 1 aromatic rings. The summed E-state index contributed by atoms with van der Waals surface area (Å²) in [7, 11) is 0. The summed E-state index contributed by atoms with van der Waals surface area (Å²) in [5.74, 6) is -0.843. The molecule has 0 saturated carbocycles. The minimum absolute atomic E-state index is 0.0268. The molecule has 0 saturated heterocycles. The Bertz CT molecular complexity index is 583. The Morgan fingerprint density at radius 1 is 1.00 bits per heavy atom. The maximum atomic E-state index is 12.2. The fourth-order valence-corrected chi connectivity index (χ4v) is 2.12. The van der Waals surface area contributed by atoms with E-state index in [0.29, 0.717) is 0 Å². The second kappa shape index (κ2) is 4.64. The monoisotopic (exact) mass is 268 g/mol. The molecule has 0 aromatic heterocycles. The topological polar surface area (TPSA) is 34.1 Å². The number of fused-ring (bicyclic) bond motifs is 1. The second-order valence-electron chi connectivity index (χ2n) is 4.42. The molecular weight excluding hydrogens is 257 g/mol. The van der Waals surface area contributed by atoms with Crippen molar-refractivity contribution in [3.63, 3.8) is 0 Å². The molecule has 0 N–H and O–H groups in total. The number of hydrogen-bond donors (Lipinski definition) is 0. The lowest BCUT2D eigenvalue weighted by Gasteiger charge is -2.19. The minimum Gasteiger partial charge on any atom is -0.289 e. The predicted molar refractivity (Wildman–Crippen MR) is 63.1 cm³/mol. The number of allylic oxidation sites excluding steroid dienone is 2. The highest BCUT2D eigenvalue weighted by Gasteiger charge is 2.33. The minimum atomic E-state index is -4.34. The number of rotatable bonds is 2. The van der Waals surface area contributed by atoms with Gasteiger partial charge in [0.05, 0.1) is 0 Å². The summed E-state index contributed by atoms with van der Waals surface area (Å²) < 4.78 is 36.7. The smallest absolute Gasteiger partial charge is 0.289 e. The number of carbonyl (C=O) groups excluding carboxylic acids is 2. The Hall–Kier alpha value is -1.91. The molecular formula is C14H11F3O2.